The average molecular weight is 356 g/mol. The Labute approximate surface area is 154 Å². The lowest BCUT2D eigenvalue weighted by molar-refractivity contribution is 0.348. The van der Waals surface area contributed by atoms with Gasteiger partial charge >= 0.3 is 0 Å². The first kappa shape index (κ1) is 18.4. The van der Waals surface area contributed by atoms with Gasteiger partial charge in [0.25, 0.3) is 5.56 Å². The van der Waals surface area contributed by atoms with Crippen LogP contribution in [0.15, 0.2) is 29.5 Å². The number of hydrogen-bond donors (Lipinski definition) is 0. The third kappa shape index (κ3) is 4.20. The lowest BCUT2D eigenvalue weighted by Crippen LogP contribution is -2.37. The van der Waals surface area contributed by atoms with Crippen LogP contribution >= 0.6 is 0 Å². The molecule has 2 aromatic rings. The van der Waals surface area contributed by atoms with Gasteiger partial charge in [-0.15, -0.1) is 0 Å². The fourth-order valence-electron chi connectivity index (χ4n) is 3.23. The van der Waals surface area contributed by atoms with Crippen molar-refractivity contribution in [1.82, 2.24) is 19.5 Å². The minimum Gasteiger partial charge on any atom is -0.363 e. The molecule has 0 aliphatic carbocycles. The first-order chi connectivity index (χ1) is 12.4. The second-order valence-corrected chi connectivity index (χ2v) is 7.50. The number of piperidine rings is 1. The minimum atomic E-state index is 0.0492. The molecule has 0 radical (unpaired) electrons. The highest BCUT2D eigenvalue weighted by atomic mass is 16.1. The topological polar surface area (TPSA) is 67.2 Å². The summed E-state index contributed by atoms with van der Waals surface area (Å²) in [6.07, 6.45) is 5.56. The van der Waals surface area contributed by atoms with Crippen molar-refractivity contribution in [2.75, 3.05) is 37.0 Å². The van der Waals surface area contributed by atoms with E-state index in [1.165, 1.54) is 0 Å². The molecule has 0 amide bonds. The van der Waals surface area contributed by atoms with E-state index in [0.717, 1.165) is 49.9 Å². The van der Waals surface area contributed by atoms with E-state index < -0.39 is 0 Å². The first-order valence-electron chi connectivity index (χ1n) is 9.25. The molecule has 1 aliphatic heterocycles. The molecule has 0 aromatic carbocycles. The fourth-order valence-corrected chi connectivity index (χ4v) is 3.23. The summed E-state index contributed by atoms with van der Waals surface area (Å²) in [5.41, 5.74) is 0.909. The van der Waals surface area contributed by atoms with Crippen LogP contribution in [0.2, 0.25) is 0 Å². The van der Waals surface area contributed by atoms with Gasteiger partial charge in [0.2, 0.25) is 5.95 Å². The highest BCUT2D eigenvalue weighted by Gasteiger charge is 2.22. The van der Waals surface area contributed by atoms with Gasteiger partial charge in [0.15, 0.2) is 0 Å². The third-order valence-electron chi connectivity index (χ3n) is 4.93. The highest BCUT2D eigenvalue weighted by Crippen LogP contribution is 2.22. The molecule has 2 aromatic heterocycles. The van der Waals surface area contributed by atoms with E-state index >= 15 is 0 Å². The third-order valence-corrected chi connectivity index (χ3v) is 4.93. The van der Waals surface area contributed by atoms with E-state index in [1.807, 2.05) is 31.3 Å². The van der Waals surface area contributed by atoms with Gasteiger partial charge in [-0.05, 0) is 30.7 Å². The Kier molecular flexibility index (Phi) is 5.54. The SMILES string of the molecule is CC(C)c1cc(=O)n(CC2CCN(c3nccc(N(C)C)n3)CC2)cn1. The number of anilines is 2. The van der Waals surface area contributed by atoms with Crippen LogP contribution in [0.25, 0.3) is 0 Å². The van der Waals surface area contributed by atoms with Crippen LogP contribution in [0, 0.1) is 5.92 Å². The predicted molar refractivity (Wildman–Crippen MR) is 104 cm³/mol. The molecule has 140 valence electrons. The van der Waals surface area contributed by atoms with Crippen molar-refractivity contribution < 1.29 is 0 Å². The Balaban J connectivity index is 1.61. The molecule has 0 bridgehead atoms. The summed E-state index contributed by atoms with van der Waals surface area (Å²) in [5, 5.41) is 0. The zero-order chi connectivity index (χ0) is 18.7. The fraction of sp³-hybridized carbons (Fsp3) is 0.579. The van der Waals surface area contributed by atoms with E-state index in [-0.39, 0.29) is 11.5 Å². The number of nitrogens with zero attached hydrogens (tertiary/aromatic N) is 6. The van der Waals surface area contributed by atoms with Crippen molar-refractivity contribution in [3.8, 4) is 0 Å². The maximum Gasteiger partial charge on any atom is 0.253 e. The zero-order valence-corrected chi connectivity index (χ0v) is 16.1. The highest BCUT2D eigenvalue weighted by molar-refractivity contribution is 5.42. The Hall–Kier alpha value is -2.44. The lowest BCUT2D eigenvalue weighted by atomic mass is 9.97. The van der Waals surface area contributed by atoms with Crippen LogP contribution in [0.3, 0.4) is 0 Å². The van der Waals surface area contributed by atoms with Crippen molar-refractivity contribution in [2.45, 2.75) is 39.2 Å². The van der Waals surface area contributed by atoms with Crippen LogP contribution in [0.1, 0.15) is 38.3 Å². The number of hydrogen-bond acceptors (Lipinski definition) is 6. The molecule has 1 fully saturated rings. The van der Waals surface area contributed by atoms with Gasteiger partial charge in [0.05, 0.1) is 12.0 Å². The molecule has 0 saturated carbocycles. The quantitative estimate of drug-likeness (QED) is 0.818. The number of aromatic nitrogens is 4. The molecule has 0 N–H and O–H groups in total. The second kappa shape index (κ2) is 7.85. The molecule has 0 unspecified atom stereocenters. The molecule has 0 atom stereocenters. The van der Waals surface area contributed by atoms with Crippen molar-refractivity contribution in [2.24, 2.45) is 5.92 Å². The van der Waals surface area contributed by atoms with Crippen LogP contribution in [-0.2, 0) is 6.54 Å². The van der Waals surface area contributed by atoms with Crippen LogP contribution in [0.5, 0.6) is 0 Å². The van der Waals surface area contributed by atoms with Crippen molar-refractivity contribution in [3.05, 3.63) is 40.7 Å². The van der Waals surface area contributed by atoms with Crippen molar-refractivity contribution >= 4 is 11.8 Å². The summed E-state index contributed by atoms with van der Waals surface area (Å²) in [6.45, 7) is 6.66. The molecule has 1 aliphatic rings. The molecule has 26 heavy (non-hydrogen) atoms. The van der Waals surface area contributed by atoms with Gasteiger partial charge in [-0.1, -0.05) is 13.8 Å². The van der Waals surface area contributed by atoms with E-state index in [9.17, 15) is 4.79 Å². The van der Waals surface area contributed by atoms with Crippen LogP contribution in [-0.4, -0.2) is 46.7 Å². The van der Waals surface area contributed by atoms with Gasteiger partial charge in [0, 0.05) is 46.0 Å². The largest absolute Gasteiger partial charge is 0.363 e. The van der Waals surface area contributed by atoms with Gasteiger partial charge in [-0.2, -0.15) is 4.98 Å². The summed E-state index contributed by atoms with van der Waals surface area (Å²) in [5.74, 6) is 2.46. The Morgan fingerprint density at radius 2 is 1.96 bits per heavy atom. The summed E-state index contributed by atoms with van der Waals surface area (Å²) in [7, 11) is 3.96. The average Bonchev–Trinajstić information content (AvgIpc) is 2.64. The first-order valence-corrected chi connectivity index (χ1v) is 9.25. The lowest BCUT2D eigenvalue weighted by Gasteiger charge is -2.32. The standard InChI is InChI=1S/C19H28N6O/c1-14(2)16-11-18(26)25(13-21-16)12-15-6-9-24(10-7-15)19-20-8-5-17(22-19)23(3)4/h5,8,11,13-15H,6-7,9-10,12H2,1-4H3. The Morgan fingerprint density at radius 3 is 2.58 bits per heavy atom. The molecular formula is C19H28N6O. The maximum absolute atomic E-state index is 12.3. The van der Waals surface area contributed by atoms with Crippen molar-refractivity contribution in [3.63, 3.8) is 0 Å². The molecule has 7 nitrogen and oxygen atoms in total. The molecular weight excluding hydrogens is 328 g/mol. The molecule has 0 spiro atoms. The van der Waals surface area contributed by atoms with Gasteiger partial charge in [0.1, 0.15) is 5.82 Å². The monoisotopic (exact) mass is 356 g/mol. The summed E-state index contributed by atoms with van der Waals surface area (Å²) >= 11 is 0. The van der Waals surface area contributed by atoms with Gasteiger partial charge in [-0.25, -0.2) is 9.97 Å². The van der Waals surface area contributed by atoms with Gasteiger partial charge < -0.3 is 9.80 Å². The smallest absolute Gasteiger partial charge is 0.253 e. The van der Waals surface area contributed by atoms with Crippen molar-refractivity contribution in [1.29, 1.82) is 0 Å². The molecule has 3 rings (SSSR count). The van der Waals surface area contributed by atoms with E-state index in [2.05, 4.69) is 33.7 Å². The number of rotatable bonds is 5. The summed E-state index contributed by atoms with van der Waals surface area (Å²) < 4.78 is 1.75. The molecule has 7 heteroatoms. The summed E-state index contributed by atoms with van der Waals surface area (Å²) in [6, 6.07) is 3.58. The molecule has 3 heterocycles. The van der Waals surface area contributed by atoms with E-state index in [0.29, 0.717) is 5.92 Å². The van der Waals surface area contributed by atoms with E-state index in [4.69, 9.17) is 0 Å². The van der Waals surface area contributed by atoms with Crippen LogP contribution < -0.4 is 15.4 Å². The van der Waals surface area contributed by atoms with Gasteiger partial charge in [-0.3, -0.25) is 9.36 Å². The van der Waals surface area contributed by atoms with Crippen LogP contribution in [0.4, 0.5) is 11.8 Å². The minimum absolute atomic E-state index is 0.0492. The Morgan fingerprint density at radius 1 is 1.23 bits per heavy atom. The van der Waals surface area contributed by atoms with E-state index in [1.54, 1.807) is 17.0 Å². The predicted octanol–water partition coefficient (Wildman–Crippen LogP) is 2.14. The molecule has 1 saturated heterocycles. The Bertz CT molecular complexity index is 793. The maximum atomic E-state index is 12.3. The summed E-state index contributed by atoms with van der Waals surface area (Å²) in [4.78, 5) is 30.0. The normalized spacial score (nSPS) is 15.5. The zero-order valence-electron chi connectivity index (χ0n) is 16.1. The second-order valence-electron chi connectivity index (χ2n) is 7.50.